The van der Waals surface area contributed by atoms with Gasteiger partial charge in [0.25, 0.3) is 11.8 Å². The average Bonchev–Trinajstić information content (AvgIpc) is 3.18. The molecular weight excluding hydrogens is 504 g/mol. The molecule has 3 amide bonds. The Labute approximate surface area is 203 Å². The first-order valence-electron chi connectivity index (χ1n) is 10.5. The van der Waals surface area contributed by atoms with Crippen molar-refractivity contribution in [1.29, 1.82) is 0 Å². The molecule has 0 saturated carbocycles. The molecule has 4 N–H and O–H groups in total. The highest BCUT2D eigenvalue weighted by Gasteiger charge is 2.28. The summed E-state index contributed by atoms with van der Waals surface area (Å²) in [5, 5.41) is 14.1. The molecule has 1 heterocycles. The van der Waals surface area contributed by atoms with Gasteiger partial charge in [0, 0.05) is 27.6 Å². The number of fused-ring (bicyclic) bond motifs is 1. The largest absolute Gasteiger partial charge is 0.507 e. The van der Waals surface area contributed by atoms with E-state index in [-0.39, 0.29) is 17.1 Å². The summed E-state index contributed by atoms with van der Waals surface area (Å²) in [6.07, 6.45) is 1.92. The molecule has 4 rings (SSSR count). The lowest BCUT2D eigenvalue weighted by Gasteiger charge is -2.13. The van der Waals surface area contributed by atoms with Gasteiger partial charge in [-0.1, -0.05) is 28.1 Å². The maximum absolute atomic E-state index is 12.7. The van der Waals surface area contributed by atoms with Gasteiger partial charge in [0.2, 0.25) is 0 Å². The second kappa shape index (κ2) is 9.92. The zero-order valence-corrected chi connectivity index (χ0v) is 19.7. The van der Waals surface area contributed by atoms with Crippen molar-refractivity contribution in [3.05, 3.63) is 86.8 Å². The fourth-order valence-corrected chi connectivity index (χ4v) is 3.95. The Morgan fingerprint density at radius 1 is 0.971 bits per heavy atom. The molecule has 1 aliphatic rings. The van der Waals surface area contributed by atoms with E-state index in [2.05, 4.69) is 37.3 Å². The van der Waals surface area contributed by atoms with E-state index in [1.54, 1.807) is 43.3 Å². The van der Waals surface area contributed by atoms with Crippen LogP contribution in [0.15, 0.2) is 62.5 Å². The predicted octanol–water partition coefficient (Wildman–Crippen LogP) is 3.60. The van der Waals surface area contributed by atoms with Crippen LogP contribution in [-0.2, 0) is 6.42 Å². The fourth-order valence-electron chi connectivity index (χ4n) is 3.68. The molecule has 0 aliphatic heterocycles. The van der Waals surface area contributed by atoms with E-state index >= 15 is 0 Å². The number of rotatable bonds is 4. The molecule has 0 saturated heterocycles. The summed E-state index contributed by atoms with van der Waals surface area (Å²) < 4.78 is 6.62. The third-order valence-electron chi connectivity index (χ3n) is 5.37. The number of hydrogen-bond donors (Lipinski definition) is 4. The number of hydrogen-bond acceptors (Lipinski definition) is 6. The van der Waals surface area contributed by atoms with E-state index in [9.17, 15) is 19.5 Å². The number of halogens is 1. The van der Waals surface area contributed by atoms with Gasteiger partial charge in [-0.2, -0.15) is 5.10 Å². The highest BCUT2D eigenvalue weighted by molar-refractivity contribution is 9.10. The Kier molecular flexibility index (Phi) is 6.78. The zero-order valence-electron chi connectivity index (χ0n) is 18.1. The van der Waals surface area contributed by atoms with E-state index in [0.29, 0.717) is 41.0 Å². The Balaban J connectivity index is 1.48. The van der Waals surface area contributed by atoms with Crippen LogP contribution in [0.1, 0.15) is 61.0 Å². The number of hydrazine groups is 1. The van der Waals surface area contributed by atoms with Crippen molar-refractivity contribution >= 4 is 39.4 Å². The smallest absolute Gasteiger partial charge is 0.305 e. The highest BCUT2D eigenvalue weighted by atomic mass is 79.9. The molecule has 9 nitrogen and oxygen atoms in total. The first-order valence-corrected chi connectivity index (χ1v) is 11.3. The maximum atomic E-state index is 12.7. The second-order valence-electron chi connectivity index (χ2n) is 7.64. The van der Waals surface area contributed by atoms with Crippen LogP contribution in [0.5, 0.6) is 5.75 Å². The van der Waals surface area contributed by atoms with Crippen molar-refractivity contribution < 1.29 is 23.9 Å². The Hall–Kier alpha value is -3.92. The van der Waals surface area contributed by atoms with E-state index < -0.39 is 17.7 Å². The van der Waals surface area contributed by atoms with E-state index in [4.69, 9.17) is 4.42 Å². The summed E-state index contributed by atoms with van der Waals surface area (Å²) in [6.45, 7) is 1.72. The fraction of sp³-hybridized carbons (Fsp3) is 0.167. The molecule has 0 fully saturated rings. The Morgan fingerprint density at radius 2 is 1.68 bits per heavy atom. The number of phenolic OH excluding ortho intramolecular Hbond substituents is 1. The van der Waals surface area contributed by atoms with Gasteiger partial charge in [0.05, 0.1) is 11.3 Å². The number of carbonyl (C=O) groups excluding carboxylic acids is 3. The van der Waals surface area contributed by atoms with Gasteiger partial charge in [0.15, 0.2) is 5.76 Å². The van der Waals surface area contributed by atoms with E-state index in [1.807, 2.05) is 0 Å². The molecule has 0 bridgehead atoms. The molecule has 174 valence electrons. The number of phenols is 1. The van der Waals surface area contributed by atoms with Crippen LogP contribution in [0.3, 0.4) is 0 Å². The SMILES string of the molecule is Cc1c(C(=O)NNC(=O)c2ccc(Br)cc2)oc2c1/C(=N/NC(=O)c1ccccc1O)CCC2. The first kappa shape index (κ1) is 23.2. The highest BCUT2D eigenvalue weighted by Crippen LogP contribution is 2.30. The number of nitrogens with zero attached hydrogens (tertiary/aromatic N) is 1. The van der Waals surface area contributed by atoms with Gasteiger partial charge in [0.1, 0.15) is 11.5 Å². The molecule has 0 spiro atoms. The summed E-state index contributed by atoms with van der Waals surface area (Å²) in [5.74, 6) is -1.12. The summed E-state index contributed by atoms with van der Waals surface area (Å²) in [5.41, 5.74) is 9.49. The van der Waals surface area contributed by atoms with Crippen LogP contribution in [-0.4, -0.2) is 28.5 Å². The molecule has 0 radical (unpaired) electrons. The Morgan fingerprint density at radius 3 is 2.41 bits per heavy atom. The molecule has 3 aromatic rings. The van der Waals surface area contributed by atoms with Gasteiger partial charge in [-0.25, -0.2) is 5.43 Å². The van der Waals surface area contributed by atoms with Crippen LogP contribution < -0.4 is 16.3 Å². The first-order chi connectivity index (χ1) is 16.3. The van der Waals surface area contributed by atoms with Crippen LogP contribution in [0.4, 0.5) is 0 Å². The third-order valence-corrected chi connectivity index (χ3v) is 5.90. The molecule has 0 unspecified atom stereocenters. The van der Waals surface area contributed by atoms with Crippen molar-refractivity contribution in [1.82, 2.24) is 16.3 Å². The molecule has 2 aromatic carbocycles. The Bertz CT molecular complexity index is 1300. The third kappa shape index (κ3) is 4.86. The minimum atomic E-state index is -0.602. The number of nitrogens with one attached hydrogen (secondary N) is 3. The lowest BCUT2D eigenvalue weighted by atomic mass is 9.93. The van der Waals surface area contributed by atoms with Crippen LogP contribution in [0.2, 0.25) is 0 Å². The maximum Gasteiger partial charge on any atom is 0.305 e. The standard InChI is InChI=1S/C24H21BrN4O5/c1-13-20-17(26-28-23(32)16-5-2-3-7-18(16)30)6-4-8-19(20)34-21(13)24(33)29-27-22(31)14-9-11-15(25)12-10-14/h2-3,5,7,9-12,30H,4,6,8H2,1H3,(H,27,31)(H,28,32)(H,29,33)/b26-17+. The van der Waals surface area contributed by atoms with Gasteiger partial charge in [-0.15, -0.1) is 0 Å². The van der Waals surface area contributed by atoms with Gasteiger partial charge in [-0.05, 0) is 56.2 Å². The van der Waals surface area contributed by atoms with Crippen molar-refractivity contribution in [2.75, 3.05) is 0 Å². The number of aromatic hydroxyl groups is 1. The lowest BCUT2D eigenvalue weighted by Crippen LogP contribution is -2.41. The second-order valence-corrected chi connectivity index (χ2v) is 8.56. The molecule has 1 aliphatic carbocycles. The zero-order chi connectivity index (χ0) is 24.2. The number of carbonyl (C=O) groups is 3. The quantitative estimate of drug-likeness (QED) is 0.387. The minimum Gasteiger partial charge on any atom is -0.507 e. The van der Waals surface area contributed by atoms with Crippen molar-refractivity contribution in [3.63, 3.8) is 0 Å². The average molecular weight is 525 g/mol. The predicted molar refractivity (Wildman–Crippen MR) is 128 cm³/mol. The number of benzene rings is 2. The van der Waals surface area contributed by atoms with Crippen LogP contribution >= 0.6 is 15.9 Å². The number of aryl methyl sites for hydroxylation is 1. The number of para-hydroxylation sites is 1. The number of amides is 3. The van der Waals surface area contributed by atoms with Gasteiger partial charge < -0.3 is 9.52 Å². The molecule has 34 heavy (non-hydrogen) atoms. The van der Waals surface area contributed by atoms with E-state index in [1.165, 1.54) is 12.1 Å². The monoisotopic (exact) mass is 524 g/mol. The normalized spacial score (nSPS) is 13.8. The van der Waals surface area contributed by atoms with Crippen molar-refractivity contribution in [2.24, 2.45) is 5.10 Å². The van der Waals surface area contributed by atoms with Gasteiger partial charge >= 0.3 is 5.91 Å². The summed E-state index contributed by atoms with van der Waals surface area (Å²) >= 11 is 3.30. The van der Waals surface area contributed by atoms with Crippen LogP contribution in [0.25, 0.3) is 0 Å². The van der Waals surface area contributed by atoms with Gasteiger partial charge in [-0.3, -0.25) is 25.2 Å². The van der Waals surface area contributed by atoms with Crippen molar-refractivity contribution in [2.45, 2.75) is 26.2 Å². The molecule has 0 atom stereocenters. The molecule has 1 aromatic heterocycles. The summed E-state index contributed by atoms with van der Waals surface area (Å²) in [4.78, 5) is 37.4. The topological polar surface area (TPSA) is 133 Å². The number of hydrazone groups is 1. The molecular formula is C24H21BrN4O5. The lowest BCUT2D eigenvalue weighted by molar-refractivity contribution is 0.0829. The minimum absolute atomic E-state index is 0.0581. The van der Waals surface area contributed by atoms with E-state index in [0.717, 1.165) is 10.9 Å². The van der Waals surface area contributed by atoms with Crippen LogP contribution in [0, 0.1) is 6.92 Å². The summed E-state index contributed by atoms with van der Waals surface area (Å²) in [7, 11) is 0. The number of furan rings is 1. The summed E-state index contributed by atoms with van der Waals surface area (Å²) in [6, 6.07) is 12.9. The van der Waals surface area contributed by atoms with Crippen molar-refractivity contribution in [3.8, 4) is 5.75 Å². The molecule has 10 heteroatoms.